The third-order valence-electron chi connectivity index (χ3n) is 3.75. The maximum Gasteiger partial charge on any atom is 0.265 e. The fraction of sp³-hybridized carbons (Fsp3) is 0. The molecule has 0 saturated heterocycles. The summed E-state index contributed by atoms with van der Waals surface area (Å²) in [6.07, 6.45) is 1.67. The van der Waals surface area contributed by atoms with E-state index in [0.717, 1.165) is 10.8 Å². The summed E-state index contributed by atoms with van der Waals surface area (Å²) in [6.45, 7) is 0. The summed E-state index contributed by atoms with van der Waals surface area (Å²) in [7, 11) is 0. The Morgan fingerprint density at radius 3 is 2.45 bits per heavy atom. The Morgan fingerprint density at radius 1 is 0.909 bits per heavy atom. The summed E-state index contributed by atoms with van der Waals surface area (Å²) in [5.41, 5.74) is 0.751. The minimum atomic E-state index is -0.493. The standard InChI is InChI=1S/C18H12N2O2/c21-17-15(13-7-2-1-3-8-13)18(22)20-11-10-12-6-4-5-9-14(12)16(20)19-17/h1-11,21H/p-1. The molecule has 4 aromatic rings. The summed E-state index contributed by atoms with van der Waals surface area (Å²) in [6, 6.07) is 18.3. The quantitative estimate of drug-likeness (QED) is 0.506. The van der Waals surface area contributed by atoms with Gasteiger partial charge < -0.3 is 5.11 Å². The average molecular weight is 287 g/mol. The second-order valence-electron chi connectivity index (χ2n) is 5.06. The van der Waals surface area contributed by atoms with Crippen LogP contribution >= 0.6 is 0 Å². The predicted octanol–water partition coefficient (Wildman–Crippen LogP) is 2.59. The third kappa shape index (κ3) is 1.78. The Labute approximate surface area is 125 Å². The van der Waals surface area contributed by atoms with Crippen LogP contribution in [0.2, 0.25) is 0 Å². The van der Waals surface area contributed by atoms with Crippen molar-refractivity contribution >= 4 is 16.4 Å². The van der Waals surface area contributed by atoms with Gasteiger partial charge in [-0.25, -0.2) is 4.98 Å². The molecule has 0 amide bonds. The molecule has 4 nitrogen and oxygen atoms in total. The fourth-order valence-corrected chi connectivity index (χ4v) is 2.69. The summed E-state index contributed by atoms with van der Waals surface area (Å²) in [5, 5.41) is 14.1. The van der Waals surface area contributed by atoms with Gasteiger partial charge in [-0.15, -0.1) is 0 Å². The van der Waals surface area contributed by atoms with E-state index in [4.69, 9.17) is 0 Å². The monoisotopic (exact) mass is 287 g/mol. The van der Waals surface area contributed by atoms with Crippen LogP contribution in [0.3, 0.4) is 0 Å². The number of hydrogen-bond acceptors (Lipinski definition) is 3. The molecule has 0 N–H and O–H groups in total. The molecule has 0 fully saturated rings. The summed E-state index contributed by atoms with van der Waals surface area (Å²) < 4.78 is 1.44. The molecule has 2 heterocycles. The maximum absolute atomic E-state index is 12.7. The molecule has 0 aliphatic heterocycles. The zero-order valence-corrected chi connectivity index (χ0v) is 11.6. The molecule has 2 aromatic heterocycles. The van der Waals surface area contributed by atoms with Crippen molar-refractivity contribution in [3.8, 4) is 17.0 Å². The Morgan fingerprint density at radius 2 is 1.64 bits per heavy atom. The first-order valence-electron chi connectivity index (χ1n) is 6.92. The van der Waals surface area contributed by atoms with E-state index in [1.54, 1.807) is 30.5 Å². The van der Waals surface area contributed by atoms with Crippen LogP contribution in [-0.4, -0.2) is 9.38 Å². The highest BCUT2D eigenvalue weighted by Gasteiger charge is 2.10. The van der Waals surface area contributed by atoms with Crippen molar-refractivity contribution in [1.82, 2.24) is 9.38 Å². The van der Waals surface area contributed by atoms with Crippen molar-refractivity contribution in [3.63, 3.8) is 0 Å². The molecular weight excluding hydrogens is 276 g/mol. The molecule has 0 radical (unpaired) electrons. The Hall–Kier alpha value is -3.14. The van der Waals surface area contributed by atoms with Crippen molar-refractivity contribution in [2.45, 2.75) is 0 Å². The molecule has 2 aromatic carbocycles. The van der Waals surface area contributed by atoms with Crippen LogP contribution < -0.4 is 10.7 Å². The molecule has 4 rings (SSSR count). The Bertz CT molecular complexity index is 1050. The zero-order valence-electron chi connectivity index (χ0n) is 11.6. The number of nitrogens with zero attached hydrogens (tertiary/aromatic N) is 2. The molecule has 0 aliphatic rings. The van der Waals surface area contributed by atoms with E-state index in [0.29, 0.717) is 11.2 Å². The number of pyridine rings is 1. The van der Waals surface area contributed by atoms with E-state index < -0.39 is 5.88 Å². The normalized spacial score (nSPS) is 11.1. The van der Waals surface area contributed by atoms with E-state index in [2.05, 4.69) is 4.98 Å². The van der Waals surface area contributed by atoms with Gasteiger partial charge in [0.1, 0.15) is 5.65 Å². The highest BCUT2D eigenvalue weighted by molar-refractivity contribution is 5.94. The molecule has 0 bridgehead atoms. The zero-order chi connectivity index (χ0) is 15.1. The van der Waals surface area contributed by atoms with Gasteiger partial charge in [0.05, 0.1) is 5.56 Å². The van der Waals surface area contributed by atoms with E-state index >= 15 is 0 Å². The van der Waals surface area contributed by atoms with Gasteiger partial charge in [-0.2, -0.15) is 0 Å². The average Bonchev–Trinajstić information content (AvgIpc) is 2.56. The Balaban J connectivity index is 2.15. The van der Waals surface area contributed by atoms with Crippen LogP contribution in [0.15, 0.2) is 71.7 Å². The van der Waals surface area contributed by atoms with Gasteiger partial charge in [0.15, 0.2) is 0 Å². The molecule has 0 saturated carbocycles. The lowest BCUT2D eigenvalue weighted by molar-refractivity contribution is -0.273. The lowest BCUT2D eigenvalue weighted by atomic mass is 10.1. The first-order chi connectivity index (χ1) is 10.8. The first-order valence-corrected chi connectivity index (χ1v) is 6.92. The van der Waals surface area contributed by atoms with Crippen molar-refractivity contribution < 1.29 is 5.11 Å². The molecule has 0 atom stereocenters. The maximum atomic E-state index is 12.7. The van der Waals surface area contributed by atoms with Gasteiger partial charge in [0.2, 0.25) is 0 Å². The van der Waals surface area contributed by atoms with Crippen LogP contribution in [0, 0.1) is 0 Å². The number of benzene rings is 2. The molecule has 0 spiro atoms. The van der Waals surface area contributed by atoms with E-state index in [-0.39, 0.29) is 11.1 Å². The van der Waals surface area contributed by atoms with Gasteiger partial charge in [0, 0.05) is 17.5 Å². The number of aromatic nitrogens is 2. The fourth-order valence-electron chi connectivity index (χ4n) is 2.69. The van der Waals surface area contributed by atoms with Gasteiger partial charge in [-0.3, -0.25) is 9.20 Å². The van der Waals surface area contributed by atoms with E-state index in [1.807, 2.05) is 36.4 Å². The van der Waals surface area contributed by atoms with E-state index in [9.17, 15) is 9.90 Å². The van der Waals surface area contributed by atoms with Crippen LogP contribution in [0.4, 0.5) is 0 Å². The van der Waals surface area contributed by atoms with E-state index in [1.165, 1.54) is 4.40 Å². The number of hydrogen-bond donors (Lipinski definition) is 0. The van der Waals surface area contributed by atoms with Crippen LogP contribution in [0.5, 0.6) is 5.88 Å². The molecule has 4 heteroatoms. The van der Waals surface area contributed by atoms with Crippen LogP contribution in [0.25, 0.3) is 27.5 Å². The second kappa shape index (κ2) is 4.70. The van der Waals surface area contributed by atoms with Crippen LogP contribution in [0.1, 0.15) is 0 Å². The minimum absolute atomic E-state index is 0.105. The Kier molecular flexibility index (Phi) is 2.69. The smallest absolute Gasteiger partial charge is 0.265 e. The highest BCUT2D eigenvalue weighted by Crippen LogP contribution is 2.24. The van der Waals surface area contributed by atoms with Gasteiger partial charge in [-0.05, 0) is 17.0 Å². The van der Waals surface area contributed by atoms with Crippen molar-refractivity contribution in [2.75, 3.05) is 0 Å². The highest BCUT2D eigenvalue weighted by atomic mass is 16.3. The molecule has 22 heavy (non-hydrogen) atoms. The van der Waals surface area contributed by atoms with Crippen molar-refractivity contribution in [1.29, 1.82) is 0 Å². The minimum Gasteiger partial charge on any atom is -0.858 e. The predicted molar refractivity (Wildman–Crippen MR) is 83.9 cm³/mol. The van der Waals surface area contributed by atoms with Gasteiger partial charge in [0.25, 0.3) is 5.56 Å². The SMILES string of the molecule is O=c1c(-c2ccccc2)c([O-])nc2c3ccccc3ccn12. The lowest BCUT2D eigenvalue weighted by Crippen LogP contribution is -2.19. The molecule has 0 aliphatic carbocycles. The van der Waals surface area contributed by atoms with Gasteiger partial charge >= 0.3 is 0 Å². The van der Waals surface area contributed by atoms with Gasteiger partial charge in [-0.1, -0.05) is 54.6 Å². The largest absolute Gasteiger partial charge is 0.858 e. The third-order valence-corrected chi connectivity index (χ3v) is 3.75. The lowest BCUT2D eigenvalue weighted by Gasteiger charge is -2.14. The topological polar surface area (TPSA) is 57.4 Å². The molecular formula is C18H11N2O2-. The molecule has 106 valence electrons. The molecule has 0 unspecified atom stereocenters. The summed E-state index contributed by atoms with van der Waals surface area (Å²) in [4.78, 5) is 16.9. The number of fused-ring (bicyclic) bond motifs is 3. The van der Waals surface area contributed by atoms with Crippen molar-refractivity contribution in [3.05, 3.63) is 77.2 Å². The summed E-state index contributed by atoms with van der Waals surface area (Å²) >= 11 is 0. The first kappa shape index (κ1) is 12.6. The van der Waals surface area contributed by atoms with Crippen LogP contribution in [-0.2, 0) is 0 Å². The summed E-state index contributed by atoms with van der Waals surface area (Å²) in [5.74, 6) is -0.493. The second-order valence-corrected chi connectivity index (χ2v) is 5.06. The van der Waals surface area contributed by atoms with Crippen molar-refractivity contribution in [2.24, 2.45) is 0 Å². The number of rotatable bonds is 1.